The van der Waals surface area contributed by atoms with Gasteiger partial charge in [0.25, 0.3) is 11.8 Å². The van der Waals surface area contributed by atoms with Crippen LogP contribution in [0, 0.1) is 0 Å². The van der Waals surface area contributed by atoms with Gasteiger partial charge in [-0.3, -0.25) is 9.59 Å². The third-order valence-corrected chi connectivity index (χ3v) is 5.04. The number of amides is 2. The van der Waals surface area contributed by atoms with Crippen molar-refractivity contribution in [3.63, 3.8) is 0 Å². The normalized spacial score (nSPS) is 21.4. The Bertz CT molecular complexity index is 636. The maximum absolute atomic E-state index is 12.6. The molecule has 2 aliphatic rings. The Morgan fingerprint density at radius 2 is 1.32 bits per heavy atom. The molecule has 2 aliphatic heterocycles. The number of rotatable bonds is 8. The molecule has 2 N–H and O–H groups in total. The summed E-state index contributed by atoms with van der Waals surface area (Å²) in [5.41, 5.74) is 0.626. The summed E-state index contributed by atoms with van der Waals surface area (Å²) in [5, 5.41) is 5.72. The van der Waals surface area contributed by atoms with Gasteiger partial charge in [-0.1, -0.05) is 0 Å². The van der Waals surface area contributed by atoms with Gasteiger partial charge in [0.1, 0.15) is 11.5 Å². The molecule has 2 unspecified atom stereocenters. The topological polar surface area (TPSA) is 95.1 Å². The summed E-state index contributed by atoms with van der Waals surface area (Å²) < 4.78 is 21.8. The molecule has 3 rings (SSSR count). The summed E-state index contributed by atoms with van der Waals surface area (Å²) in [5.74, 6) is 0.0368. The lowest BCUT2D eigenvalue weighted by Crippen LogP contribution is -2.33. The highest BCUT2D eigenvalue weighted by molar-refractivity contribution is 6.02. The highest BCUT2D eigenvalue weighted by atomic mass is 16.5. The van der Waals surface area contributed by atoms with Crippen LogP contribution in [-0.2, 0) is 9.47 Å². The Morgan fingerprint density at radius 1 is 0.893 bits per heavy atom. The van der Waals surface area contributed by atoms with Gasteiger partial charge in [0.2, 0.25) is 0 Å². The van der Waals surface area contributed by atoms with E-state index in [9.17, 15) is 9.59 Å². The zero-order chi connectivity index (χ0) is 19.9. The third kappa shape index (κ3) is 4.94. The van der Waals surface area contributed by atoms with Crippen molar-refractivity contribution in [2.45, 2.75) is 37.9 Å². The minimum Gasteiger partial charge on any atom is -0.496 e. The maximum atomic E-state index is 12.6. The van der Waals surface area contributed by atoms with Crippen LogP contribution in [0.1, 0.15) is 46.4 Å². The van der Waals surface area contributed by atoms with Gasteiger partial charge in [-0.25, -0.2) is 0 Å². The van der Waals surface area contributed by atoms with Crippen LogP contribution in [0.15, 0.2) is 12.1 Å². The summed E-state index contributed by atoms with van der Waals surface area (Å²) in [6.45, 7) is 2.34. The van der Waals surface area contributed by atoms with Crippen molar-refractivity contribution < 1.29 is 28.5 Å². The van der Waals surface area contributed by atoms with Gasteiger partial charge in [0, 0.05) is 26.3 Å². The van der Waals surface area contributed by atoms with Crippen LogP contribution >= 0.6 is 0 Å². The van der Waals surface area contributed by atoms with Gasteiger partial charge in [-0.05, 0) is 37.8 Å². The third-order valence-electron chi connectivity index (χ3n) is 5.04. The molecule has 0 aliphatic carbocycles. The number of hydrogen-bond acceptors (Lipinski definition) is 6. The molecular formula is C20H28N2O6. The van der Waals surface area contributed by atoms with Crippen LogP contribution in [-0.4, -0.2) is 64.5 Å². The zero-order valence-electron chi connectivity index (χ0n) is 16.4. The standard InChI is InChI=1S/C20H28N2O6/c1-25-17-9-16(20(24)22-12-14-6-4-8-28-14)18(26-2)10-15(17)19(23)21-11-13-5-3-7-27-13/h9-10,13-14H,3-8,11-12H2,1-2H3,(H,21,23)(H,22,24). The molecule has 2 saturated heterocycles. The molecule has 8 heteroatoms. The van der Waals surface area contributed by atoms with Crippen LogP contribution < -0.4 is 20.1 Å². The summed E-state index contributed by atoms with van der Waals surface area (Å²) in [6, 6.07) is 3.06. The number of carbonyl (C=O) groups is 2. The van der Waals surface area contributed by atoms with Crippen LogP contribution in [0.5, 0.6) is 11.5 Å². The quantitative estimate of drug-likeness (QED) is 0.697. The van der Waals surface area contributed by atoms with Crippen molar-refractivity contribution in [3.05, 3.63) is 23.3 Å². The SMILES string of the molecule is COc1cc(C(=O)NCC2CCCO2)c(OC)cc1C(=O)NCC1CCCO1. The monoisotopic (exact) mass is 392 g/mol. The van der Waals surface area contributed by atoms with Gasteiger partial charge < -0.3 is 29.6 Å². The molecule has 0 aromatic heterocycles. The molecule has 0 bridgehead atoms. The fraction of sp³-hybridized carbons (Fsp3) is 0.600. The number of benzene rings is 1. The van der Waals surface area contributed by atoms with Crippen LogP contribution in [0.2, 0.25) is 0 Å². The van der Waals surface area contributed by atoms with E-state index in [0.717, 1.165) is 38.9 Å². The van der Waals surface area contributed by atoms with Crippen molar-refractivity contribution >= 4 is 11.8 Å². The molecular weight excluding hydrogens is 364 g/mol. The fourth-order valence-corrected chi connectivity index (χ4v) is 3.47. The number of methoxy groups -OCH3 is 2. The second-order valence-electron chi connectivity index (χ2n) is 6.94. The van der Waals surface area contributed by atoms with E-state index in [2.05, 4.69) is 10.6 Å². The predicted molar refractivity (Wildman–Crippen MR) is 102 cm³/mol. The molecule has 2 amide bonds. The van der Waals surface area contributed by atoms with Crippen molar-refractivity contribution in [3.8, 4) is 11.5 Å². The summed E-state index contributed by atoms with van der Waals surface area (Å²) >= 11 is 0. The summed E-state index contributed by atoms with van der Waals surface area (Å²) in [7, 11) is 2.93. The molecule has 28 heavy (non-hydrogen) atoms. The van der Waals surface area contributed by atoms with E-state index >= 15 is 0 Å². The van der Waals surface area contributed by atoms with E-state index in [1.54, 1.807) is 0 Å². The second-order valence-corrected chi connectivity index (χ2v) is 6.94. The van der Waals surface area contributed by atoms with Crippen molar-refractivity contribution in [1.82, 2.24) is 10.6 Å². The average Bonchev–Trinajstić information content (AvgIpc) is 3.43. The molecule has 154 valence electrons. The minimum atomic E-state index is -0.294. The molecule has 0 saturated carbocycles. The highest BCUT2D eigenvalue weighted by Gasteiger charge is 2.23. The minimum absolute atomic E-state index is 0.0414. The first-order valence-corrected chi connectivity index (χ1v) is 9.68. The summed E-state index contributed by atoms with van der Waals surface area (Å²) in [6.07, 6.45) is 3.97. The Balaban J connectivity index is 1.70. The van der Waals surface area contributed by atoms with Gasteiger partial charge in [0.15, 0.2) is 0 Å². The van der Waals surface area contributed by atoms with Gasteiger partial charge in [-0.2, -0.15) is 0 Å². The largest absolute Gasteiger partial charge is 0.496 e. The van der Waals surface area contributed by atoms with Crippen LogP contribution in [0.4, 0.5) is 0 Å². The first kappa shape index (κ1) is 20.4. The molecule has 1 aromatic carbocycles. The Hall–Kier alpha value is -2.32. The Kier molecular flexibility index (Phi) is 7.11. The van der Waals surface area contributed by atoms with Crippen LogP contribution in [0.3, 0.4) is 0 Å². The number of carbonyl (C=O) groups excluding carboxylic acids is 2. The average molecular weight is 392 g/mol. The Labute approximate surface area is 164 Å². The highest BCUT2D eigenvalue weighted by Crippen LogP contribution is 2.29. The van der Waals surface area contributed by atoms with Gasteiger partial charge in [-0.15, -0.1) is 0 Å². The van der Waals surface area contributed by atoms with Gasteiger partial charge in [0.05, 0.1) is 37.6 Å². The van der Waals surface area contributed by atoms with Crippen molar-refractivity contribution in [2.75, 3.05) is 40.5 Å². The fourth-order valence-electron chi connectivity index (χ4n) is 3.47. The lowest BCUT2D eigenvalue weighted by atomic mass is 10.1. The first-order valence-electron chi connectivity index (χ1n) is 9.68. The van der Waals surface area contributed by atoms with Crippen molar-refractivity contribution in [1.29, 1.82) is 0 Å². The van der Waals surface area contributed by atoms with Crippen molar-refractivity contribution in [2.24, 2.45) is 0 Å². The molecule has 1 aromatic rings. The number of nitrogens with one attached hydrogen (secondary N) is 2. The molecule has 0 radical (unpaired) electrons. The van der Waals surface area contributed by atoms with E-state index in [1.807, 2.05) is 0 Å². The molecule has 2 atom stereocenters. The summed E-state index contributed by atoms with van der Waals surface area (Å²) in [4.78, 5) is 25.2. The van der Waals surface area contributed by atoms with Crippen LogP contribution in [0.25, 0.3) is 0 Å². The van der Waals surface area contributed by atoms with E-state index in [-0.39, 0.29) is 24.0 Å². The van der Waals surface area contributed by atoms with E-state index in [0.29, 0.717) is 35.7 Å². The lowest BCUT2D eigenvalue weighted by Gasteiger charge is -2.16. The predicted octanol–water partition coefficient (Wildman–Crippen LogP) is 1.52. The number of ether oxygens (including phenoxy) is 4. The molecule has 2 fully saturated rings. The molecule has 2 heterocycles. The van der Waals surface area contributed by atoms with E-state index in [4.69, 9.17) is 18.9 Å². The zero-order valence-corrected chi connectivity index (χ0v) is 16.4. The van der Waals surface area contributed by atoms with Gasteiger partial charge >= 0.3 is 0 Å². The molecule has 0 spiro atoms. The molecule has 8 nitrogen and oxygen atoms in total. The number of hydrogen-bond donors (Lipinski definition) is 2. The van der Waals surface area contributed by atoms with E-state index in [1.165, 1.54) is 26.4 Å². The lowest BCUT2D eigenvalue weighted by molar-refractivity contribution is 0.0846. The van der Waals surface area contributed by atoms with E-state index < -0.39 is 0 Å². The Morgan fingerprint density at radius 3 is 1.64 bits per heavy atom. The first-order chi connectivity index (χ1) is 13.6. The maximum Gasteiger partial charge on any atom is 0.255 e. The second kappa shape index (κ2) is 9.75. The smallest absolute Gasteiger partial charge is 0.255 e.